The summed E-state index contributed by atoms with van der Waals surface area (Å²) in [7, 11) is 0. The van der Waals surface area contributed by atoms with E-state index in [9.17, 15) is 4.79 Å². The molecular weight excluding hydrogens is 261 g/mol. The van der Waals surface area contributed by atoms with Gasteiger partial charge in [-0.15, -0.1) is 0 Å². The van der Waals surface area contributed by atoms with Crippen LogP contribution in [0.3, 0.4) is 0 Å². The first-order valence-electron chi connectivity index (χ1n) is 5.02. The van der Waals surface area contributed by atoms with Crippen LogP contribution in [0.25, 0.3) is 0 Å². The summed E-state index contributed by atoms with van der Waals surface area (Å²) >= 11 is 0. The number of benzene rings is 1. The molecule has 0 aliphatic carbocycles. The Balaban J connectivity index is 0.00000144. The van der Waals surface area contributed by atoms with E-state index >= 15 is 0 Å². The van der Waals surface area contributed by atoms with Gasteiger partial charge in [-0.3, -0.25) is 0 Å². The van der Waals surface area contributed by atoms with Crippen LogP contribution in [0.4, 0.5) is 0 Å². The Kier molecular flexibility index (Phi) is 7.87. The average molecular weight is 274 g/mol. The van der Waals surface area contributed by atoms with E-state index in [1.807, 2.05) is 41.1 Å². The van der Waals surface area contributed by atoms with Crippen molar-refractivity contribution in [3.05, 3.63) is 66.0 Å². The first-order chi connectivity index (χ1) is 7.75. The first kappa shape index (κ1) is 17.1. The van der Waals surface area contributed by atoms with Crippen LogP contribution in [0.5, 0.6) is 0 Å². The normalized spacial score (nSPS) is 8.89. The third kappa shape index (κ3) is 4.78. The molecule has 0 radical (unpaired) electrons. The van der Waals surface area contributed by atoms with Gasteiger partial charge < -0.3 is 17.5 Å². The van der Waals surface area contributed by atoms with Crippen molar-refractivity contribution in [3.63, 3.8) is 0 Å². The van der Waals surface area contributed by atoms with Gasteiger partial charge in [0.2, 0.25) is 0 Å². The molecule has 2 aromatic rings. The number of carbonyl (C=O) groups is 1. The number of rotatable bonds is 3. The van der Waals surface area contributed by atoms with E-state index in [2.05, 4.69) is 0 Å². The fraction of sp³-hybridized carbons (Fsp3) is 0.0769. The van der Waals surface area contributed by atoms with E-state index < -0.39 is 5.97 Å². The van der Waals surface area contributed by atoms with Crippen molar-refractivity contribution in [3.8, 4) is 0 Å². The Labute approximate surface area is 134 Å². The quantitative estimate of drug-likeness (QED) is 0.523. The van der Waals surface area contributed by atoms with Crippen LogP contribution in [0, 0.1) is 0 Å². The molecule has 0 spiro atoms. The fourth-order valence-electron chi connectivity index (χ4n) is 1.54. The molecule has 1 heterocycles. The van der Waals surface area contributed by atoms with Gasteiger partial charge in [0.15, 0.2) is 18.9 Å². The van der Waals surface area contributed by atoms with Gasteiger partial charge in [-0.1, -0.05) is 30.3 Å². The van der Waals surface area contributed by atoms with Gasteiger partial charge >= 0.3 is 35.5 Å². The van der Waals surface area contributed by atoms with Crippen molar-refractivity contribution in [1.29, 1.82) is 0 Å². The Hall–Kier alpha value is -0.870. The van der Waals surface area contributed by atoms with Crippen LogP contribution in [0.2, 0.25) is 0 Å². The van der Waals surface area contributed by atoms with Crippen LogP contribution >= 0.6 is 0 Å². The van der Waals surface area contributed by atoms with Crippen molar-refractivity contribution in [2.45, 2.75) is 6.54 Å². The van der Waals surface area contributed by atoms with Gasteiger partial charge in [0, 0.05) is 11.6 Å². The number of hydrogen-bond donors (Lipinski definition) is 1. The standard InChI is InChI=1S/C13H11NO2.ClH.Na.H/c15-13(16)12-7-4-8-14(10-12)9-11-5-2-1-3-6-11;;;/h1-8,10H,9H2;1H;;. The van der Waals surface area contributed by atoms with Gasteiger partial charge in [-0.25, -0.2) is 4.79 Å². The molecule has 3 nitrogen and oxygen atoms in total. The second-order valence-corrected chi connectivity index (χ2v) is 3.56. The molecule has 5 heteroatoms. The van der Waals surface area contributed by atoms with Crippen molar-refractivity contribution in [1.82, 2.24) is 0 Å². The van der Waals surface area contributed by atoms with Gasteiger partial charge in [0.25, 0.3) is 0 Å². The van der Waals surface area contributed by atoms with Gasteiger partial charge in [-0.05, 0) is 6.07 Å². The number of pyridine rings is 1. The molecule has 0 aliphatic heterocycles. The number of nitrogens with zero attached hydrogens (tertiary/aromatic N) is 1. The zero-order chi connectivity index (χ0) is 11.4. The number of halogens is 1. The molecule has 0 saturated carbocycles. The third-order valence-corrected chi connectivity index (χ3v) is 2.31. The maximum atomic E-state index is 10.8. The van der Waals surface area contributed by atoms with E-state index in [1.54, 1.807) is 18.3 Å². The third-order valence-electron chi connectivity index (χ3n) is 2.31. The topological polar surface area (TPSA) is 41.2 Å². The molecule has 18 heavy (non-hydrogen) atoms. The Morgan fingerprint density at radius 1 is 1.11 bits per heavy atom. The molecule has 1 aromatic heterocycles. The van der Waals surface area contributed by atoms with Crippen LogP contribution < -0.4 is 17.0 Å². The van der Waals surface area contributed by atoms with Gasteiger partial charge in [-0.2, -0.15) is 4.57 Å². The van der Waals surface area contributed by atoms with Crippen molar-refractivity contribution < 1.29 is 26.9 Å². The summed E-state index contributed by atoms with van der Waals surface area (Å²) in [4.78, 5) is 10.8. The zero-order valence-electron chi connectivity index (χ0n) is 9.08. The zero-order valence-corrected chi connectivity index (χ0v) is 9.84. The van der Waals surface area contributed by atoms with E-state index in [0.29, 0.717) is 12.1 Å². The molecule has 1 aromatic carbocycles. The Morgan fingerprint density at radius 3 is 2.39 bits per heavy atom. The summed E-state index contributed by atoms with van der Waals surface area (Å²) in [5, 5.41) is 8.86. The van der Waals surface area contributed by atoms with E-state index in [0.717, 1.165) is 5.56 Å². The minimum atomic E-state index is -0.901. The van der Waals surface area contributed by atoms with Crippen LogP contribution in [-0.2, 0) is 6.54 Å². The summed E-state index contributed by atoms with van der Waals surface area (Å²) in [5.74, 6) is -0.901. The molecule has 90 valence electrons. The first-order valence-corrected chi connectivity index (χ1v) is 5.02. The van der Waals surface area contributed by atoms with E-state index in [1.165, 1.54) is 0 Å². The average Bonchev–Trinajstić information content (AvgIpc) is 2.30. The summed E-state index contributed by atoms with van der Waals surface area (Å²) in [6, 6.07) is 13.3. The summed E-state index contributed by atoms with van der Waals surface area (Å²) in [5.41, 5.74) is 1.45. The number of hydrogen-bond acceptors (Lipinski definition) is 1. The second kappa shape index (κ2) is 8.27. The molecule has 0 atom stereocenters. The van der Waals surface area contributed by atoms with Crippen molar-refractivity contribution in [2.75, 3.05) is 0 Å². The van der Waals surface area contributed by atoms with Crippen LogP contribution in [-0.4, -0.2) is 40.6 Å². The maximum absolute atomic E-state index is 10.8. The Bertz CT molecular complexity index is 505. The molecule has 0 saturated heterocycles. The summed E-state index contributed by atoms with van der Waals surface area (Å²) < 4.78 is 1.86. The van der Waals surface area contributed by atoms with Crippen molar-refractivity contribution >= 4 is 35.5 Å². The summed E-state index contributed by atoms with van der Waals surface area (Å²) in [6.07, 6.45) is 3.49. The van der Waals surface area contributed by atoms with E-state index in [4.69, 9.17) is 5.11 Å². The second-order valence-electron chi connectivity index (χ2n) is 3.56. The molecule has 1 N–H and O–H groups in total. The summed E-state index contributed by atoms with van der Waals surface area (Å²) in [6.45, 7) is 0.682. The number of carboxylic acids is 1. The SMILES string of the molecule is O=C(O)c1ccc[n+](Cc2ccccc2)c1.[Cl-].[NaH]. The fourth-order valence-corrected chi connectivity index (χ4v) is 1.54. The molecule has 0 unspecified atom stereocenters. The molecule has 0 bridgehead atoms. The van der Waals surface area contributed by atoms with Crippen molar-refractivity contribution in [2.24, 2.45) is 0 Å². The molecule has 2 rings (SSSR count). The predicted molar refractivity (Wildman–Crippen MR) is 66.3 cm³/mol. The molecule has 0 aliphatic rings. The molecule has 0 fully saturated rings. The number of aromatic nitrogens is 1. The predicted octanol–water partition coefficient (Wildman–Crippen LogP) is -1.92. The Morgan fingerprint density at radius 2 is 1.78 bits per heavy atom. The van der Waals surface area contributed by atoms with Crippen LogP contribution in [0.15, 0.2) is 54.9 Å². The van der Waals surface area contributed by atoms with Gasteiger partial charge in [0.05, 0.1) is 0 Å². The number of aromatic carboxylic acids is 1. The number of carboxylic acid groups (broad SMARTS) is 1. The van der Waals surface area contributed by atoms with Crippen LogP contribution in [0.1, 0.15) is 15.9 Å². The molecular formula is C13H13ClNNaO2. The molecule has 0 amide bonds. The minimum absolute atomic E-state index is 0. The van der Waals surface area contributed by atoms with Gasteiger partial charge in [0.1, 0.15) is 5.56 Å². The monoisotopic (exact) mass is 273 g/mol. The van der Waals surface area contributed by atoms with E-state index in [-0.39, 0.29) is 42.0 Å².